The maximum atomic E-state index is 6.09. The van der Waals surface area contributed by atoms with Crippen molar-refractivity contribution in [2.24, 2.45) is 5.73 Å². The minimum absolute atomic E-state index is 0. The van der Waals surface area contributed by atoms with Crippen molar-refractivity contribution in [3.8, 4) is 5.75 Å². The average Bonchev–Trinajstić information content (AvgIpc) is 2.23. The van der Waals surface area contributed by atoms with E-state index in [4.69, 9.17) is 33.7 Å². The molecule has 0 radical (unpaired) electrons. The first kappa shape index (κ1) is 16.9. The summed E-state index contributed by atoms with van der Waals surface area (Å²) in [5.74, 6) is 0.706. The third kappa shape index (κ3) is 4.92. The summed E-state index contributed by atoms with van der Waals surface area (Å²) in [4.78, 5) is 0. The molecule has 0 aromatic heterocycles. The first-order valence-corrected chi connectivity index (χ1v) is 6.20. The molecule has 0 fully saturated rings. The Kier molecular flexibility index (Phi) is 7.97. The van der Waals surface area contributed by atoms with Crippen LogP contribution in [0.25, 0.3) is 0 Å². The molecule has 0 aliphatic heterocycles. The van der Waals surface area contributed by atoms with Gasteiger partial charge in [-0.1, -0.05) is 30.1 Å². The van der Waals surface area contributed by atoms with Crippen LogP contribution < -0.4 is 10.5 Å². The minimum Gasteiger partial charge on any atom is -0.492 e. The summed E-state index contributed by atoms with van der Waals surface area (Å²) in [6, 6.07) is 3.66. The van der Waals surface area contributed by atoms with Crippen molar-refractivity contribution in [2.45, 2.75) is 32.7 Å². The molecule has 0 aliphatic carbocycles. The fourth-order valence-corrected chi connectivity index (χ4v) is 2.09. The molecular formula is C12H18Cl3NO. The number of nitrogens with two attached hydrogens (primary N) is 1. The van der Waals surface area contributed by atoms with Crippen LogP contribution in [0.2, 0.25) is 10.0 Å². The highest BCUT2D eigenvalue weighted by molar-refractivity contribution is 6.35. The number of ether oxygens (including phenoxy) is 1. The fourth-order valence-electron chi connectivity index (χ4n) is 1.50. The molecule has 2 nitrogen and oxygen atoms in total. The lowest BCUT2D eigenvalue weighted by Crippen LogP contribution is -2.21. The minimum atomic E-state index is 0. The lowest BCUT2D eigenvalue weighted by atomic mass is 10.0. The predicted octanol–water partition coefficient (Wildman–Crippen LogP) is 4.09. The van der Waals surface area contributed by atoms with Crippen LogP contribution in [-0.2, 0) is 6.42 Å². The normalized spacial score (nSPS) is 11.8. The molecule has 1 unspecified atom stereocenters. The van der Waals surface area contributed by atoms with E-state index in [2.05, 4.69) is 6.92 Å². The predicted molar refractivity (Wildman–Crippen MR) is 76.8 cm³/mol. The second-order valence-electron chi connectivity index (χ2n) is 3.68. The molecule has 98 valence electrons. The molecule has 0 aliphatic rings. The van der Waals surface area contributed by atoms with Gasteiger partial charge in [-0.15, -0.1) is 12.4 Å². The maximum Gasteiger partial charge on any atom is 0.141 e. The highest BCUT2D eigenvalue weighted by Gasteiger charge is 2.12. The zero-order valence-corrected chi connectivity index (χ0v) is 12.3. The van der Waals surface area contributed by atoms with Crippen LogP contribution in [0.4, 0.5) is 0 Å². The average molecular weight is 299 g/mol. The third-order valence-electron chi connectivity index (χ3n) is 2.38. The van der Waals surface area contributed by atoms with E-state index in [9.17, 15) is 0 Å². The first-order chi connectivity index (χ1) is 7.58. The lowest BCUT2D eigenvalue weighted by Gasteiger charge is -2.15. The van der Waals surface area contributed by atoms with Gasteiger partial charge in [0.25, 0.3) is 0 Å². The number of halogens is 3. The largest absolute Gasteiger partial charge is 0.492 e. The van der Waals surface area contributed by atoms with Crippen LogP contribution in [0.3, 0.4) is 0 Å². The molecule has 1 rings (SSSR count). The molecule has 0 saturated heterocycles. The Labute approximate surface area is 119 Å². The number of rotatable bonds is 5. The Balaban J connectivity index is 0.00000256. The molecule has 0 amide bonds. The van der Waals surface area contributed by atoms with Crippen LogP contribution in [0.15, 0.2) is 12.1 Å². The van der Waals surface area contributed by atoms with Crippen molar-refractivity contribution in [1.29, 1.82) is 0 Å². The summed E-state index contributed by atoms with van der Waals surface area (Å²) >= 11 is 12.1. The lowest BCUT2D eigenvalue weighted by molar-refractivity contribution is 0.335. The molecule has 1 atom stereocenters. The van der Waals surface area contributed by atoms with Crippen LogP contribution in [0.1, 0.15) is 25.8 Å². The molecular weight excluding hydrogens is 280 g/mol. The van der Waals surface area contributed by atoms with Gasteiger partial charge in [-0.25, -0.2) is 0 Å². The van der Waals surface area contributed by atoms with Crippen LogP contribution >= 0.6 is 35.6 Å². The Bertz CT molecular complexity index is 358. The molecule has 0 bridgehead atoms. The standard InChI is InChI=1S/C12H17Cl2NO.ClH/c1-3-10(15)6-8-5-9(13)7-11(14)12(8)16-4-2;/h5,7,10H,3-4,6,15H2,1-2H3;1H. The second-order valence-corrected chi connectivity index (χ2v) is 4.52. The zero-order chi connectivity index (χ0) is 12.1. The molecule has 0 saturated carbocycles. The van der Waals surface area contributed by atoms with Crippen molar-refractivity contribution >= 4 is 35.6 Å². The van der Waals surface area contributed by atoms with E-state index in [0.29, 0.717) is 22.4 Å². The molecule has 5 heteroatoms. The molecule has 1 aromatic rings. The molecule has 1 aromatic carbocycles. The Morgan fingerprint density at radius 1 is 1.29 bits per heavy atom. The zero-order valence-electron chi connectivity index (χ0n) is 10.0. The quantitative estimate of drug-likeness (QED) is 0.888. The second kappa shape index (κ2) is 8.04. The summed E-state index contributed by atoms with van der Waals surface area (Å²) < 4.78 is 5.52. The summed E-state index contributed by atoms with van der Waals surface area (Å²) in [7, 11) is 0. The van der Waals surface area contributed by atoms with Crippen molar-refractivity contribution in [3.05, 3.63) is 27.7 Å². The van der Waals surface area contributed by atoms with Crippen LogP contribution in [-0.4, -0.2) is 12.6 Å². The van der Waals surface area contributed by atoms with Gasteiger partial charge in [-0.3, -0.25) is 0 Å². The van der Waals surface area contributed by atoms with Crippen molar-refractivity contribution in [3.63, 3.8) is 0 Å². The van der Waals surface area contributed by atoms with Gasteiger partial charge >= 0.3 is 0 Å². The fraction of sp³-hybridized carbons (Fsp3) is 0.500. The summed E-state index contributed by atoms with van der Waals surface area (Å²) in [5.41, 5.74) is 6.91. The van der Waals surface area contributed by atoms with Gasteiger partial charge < -0.3 is 10.5 Å². The summed E-state index contributed by atoms with van der Waals surface area (Å²) in [5, 5.41) is 1.17. The van der Waals surface area contributed by atoms with Gasteiger partial charge in [0, 0.05) is 11.1 Å². The van der Waals surface area contributed by atoms with E-state index in [-0.39, 0.29) is 18.4 Å². The number of hydrogen-bond donors (Lipinski definition) is 1. The third-order valence-corrected chi connectivity index (χ3v) is 2.88. The van der Waals surface area contributed by atoms with Crippen LogP contribution in [0, 0.1) is 0 Å². The molecule has 0 spiro atoms. The SMILES string of the molecule is CCOc1c(Cl)cc(Cl)cc1CC(N)CC.Cl. The first-order valence-electron chi connectivity index (χ1n) is 5.44. The summed E-state index contributed by atoms with van der Waals surface area (Å²) in [6.07, 6.45) is 1.64. The maximum absolute atomic E-state index is 6.09. The van der Waals surface area contributed by atoms with E-state index in [1.807, 2.05) is 13.0 Å². The van der Waals surface area contributed by atoms with E-state index >= 15 is 0 Å². The van der Waals surface area contributed by atoms with Crippen LogP contribution in [0.5, 0.6) is 5.75 Å². The number of benzene rings is 1. The van der Waals surface area contributed by atoms with Crippen molar-refractivity contribution < 1.29 is 4.74 Å². The van der Waals surface area contributed by atoms with E-state index in [0.717, 1.165) is 18.4 Å². The molecule has 0 heterocycles. The highest BCUT2D eigenvalue weighted by atomic mass is 35.5. The molecule has 17 heavy (non-hydrogen) atoms. The Morgan fingerprint density at radius 3 is 2.47 bits per heavy atom. The summed E-state index contributed by atoms with van der Waals surface area (Å²) in [6.45, 7) is 4.56. The van der Waals surface area contributed by atoms with Gasteiger partial charge in [0.1, 0.15) is 5.75 Å². The monoisotopic (exact) mass is 297 g/mol. The smallest absolute Gasteiger partial charge is 0.141 e. The van der Waals surface area contributed by atoms with Gasteiger partial charge in [0.05, 0.1) is 11.6 Å². The Morgan fingerprint density at radius 2 is 1.94 bits per heavy atom. The van der Waals surface area contributed by atoms with E-state index in [1.54, 1.807) is 6.07 Å². The Hall–Kier alpha value is -0.150. The topological polar surface area (TPSA) is 35.2 Å². The van der Waals surface area contributed by atoms with Gasteiger partial charge in [0.2, 0.25) is 0 Å². The highest BCUT2D eigenvalue weighted by Crippen LogP contribution is 2.33. The van der Waals surface area contributed by atoms with Gasteiger partial charge in [-0.05, 0) is 37.5 Å². The van der Waals surface area contributed by atoms with Gasteiger partial charge in [0.15, 0.2) is 0 Å². The van der Waals surface area contributed by atoms with E-state index < -0.39 is 0 Å². The van der Waals surface area contributed by atoms with Gasteiger partial charge in [-0.2, -0.15) is 0 Å². The number of hydrogen-bond acceptors (Lipinski definition) is 2. The van der Waals surface area contributed by atoms with Crippen molar-refractivity contribution in [1.82, 2.24) is 0 Å². The van der Waals surface area contributed by atoms with Crippen molar-refractivity contribution in [2.75, 3.05) is 6.61 Å². The molecule has 2 N–H and O–H groups in total. The van der Waals surface area contributed by atoms with E-state index in [1.165, 1.54) is 0 Å².